The van der Waals surface area contributed by atoms with E-state index in [-0.39, 0.29) is 55.1 Å². The molecular weight excluding hydrogens is 709 g/mol. The van der Waals surface area contributed by atoms with Crippen molar-refractivity contribution in [2.45, 2.75) is 22.9 Å². The second kappa shape index (κ2) is 18.7. The summed E-state index contributed by atoms with van der Waals surface area (Å²) >= 11 is 4.80. The van der Waals surface area contributed by atoms with Crippen molar-refractivity contribution in [1.29, 1.82) is 0 Å². The number of hydrogen-bond acceptors (Lipinski definition) is 9. The van der Waals surface area contributed by atoms with Crippen molar-refractivity contribution in [2.24, 2.45) is 0 Å². The van der Waals surface area contributed by atoms with Gasteiger partial charge in [-0.2, -0.15) is 23.5 Å². The van der Waals surface area contributed by atoms with E-state index in [0.717, 1.165) is 28.2 Å². The molecular formula is C36H40N6O6S3. The fourth-order valence-electron chi connectivity index (χ4n) is 5.65. The molecule has 0 spiro atoms. The van der Waals surface area contributed by atoms with Crippen molar-refractivity contribution in [3.05, 3.63) is 108 Å². The first-order chi connectivity index (χ1) is 24.8. The zero-order valence-electron chi connectivity index (χ0n) is 27.7. The predicted molar refractivity (Wildman–Crippen MR) is 201 cm³/mol. The van der Waals surface area contributed by atoms with Gasteiger partial charge in [-0.05, 0) is 16.7 Å². The van der Waals surface area contributed by atoms with Crippen molar-refractivity contribution in [3.63, 3.8) is 0 Å². The van der Waals surface area contributed by atoms with Gasteiger partial charge < -0.3 is 31.9 Å². The van der Waals surface area contributed by atoms with E-state index in [1.165, 1.54) is 0 Å². The van der Waals surface area contributed by atoms with Crippen molar-refractivity contribution in [2.75, 3.05) is 48.4 Å². The van der Waals surface area contributed by atoms with Gasteiger partial charge in [-0.3, -0.25) is 28.8 Å². The topological polar surface area (TPSA) is 175 Å². The molecule has 3 atom stereocenters. The molecule has 3 aliphatic rings. The van der Waals surface area contributed by atoms with Crippen molar-refractivity contribution >= 4 is 70.7 Å². The molecule has 0 unspecified atom stereocenters. The minimum atomic E-state index is -0.559. The fourth-order valence-corrected chi connectivity index (χ4v) is 9.43. The second-order valence-electron chi connectivity index (χ2n) is 11.8. The van der Waals surface area contributed by atoms with E-state index >= 15 is 0 Å². The van der Waals surface area contributed by atoms with Crippen LogP contribution in [0.15, 0.2) is 91.0 Å². The average molecular weight is 749 g/mol. The lowest BCUT2D eigenvalue weighted by atomic mass is 9.84. The zero-order valence-corrected chi connectivity index (χ0v) is 30.2. The van der Waals surface area contributed by atoms with Gasteiger partial charge in [-0.1, -0.05) is 91.0 Å². The van der Waals surface area contributed by atoms with Crippen molar-refractivity contribution in [3.8, 4) is 0 Å². The van der Waals surface area contributed by atoms with Crippen LogP contribution >= 0.6 is 35.3 Å². The minimum absolute atomic E-state index is 0.0429. The molecule has 0 aromatic heterocycles. The summed E-state index contributed by atoms with van der Waals surface area (Å²) in [4.78, 5) is 69.5. The molecule has 0 aliphatic carbocycles. The molecule has 0 radical (unpaired) electrons. The standard InChI is InChI=1S/C24H22N2O2S.C12H18N4O4S2/c27-22-16-25-23(28)21(26-22)17-29-24(18-10-4-1-5-11-18,19-12-6-2-7-13-19)20-14-8-3-9-15-20;17-9-3-13-11(19)7(15-9)5-21-1-2-22-6-8-12(20)14-4-10(18)16-8/h1-15,21H,16-17H2,(H,25,28)(H,26,27);7-8H,1-6H2,(H,13,19)(H,14,20)(H,15,17)(H,16,18)/t21-;7-,8+/m0./s1. The fraction of sp³-hybridized carbons (Fsp3) is 0.333. The molecule has 0 saturated carbocycles. The molecule has 6 rings (SSSR count). The van der Waals surface area contributed by atoms with Crippen LogP contribution in [-0.4, -0.2) is 102 Å². The molecule has 6 amide bonds. The van der Waals surface area contributed by atoms with Gasteiger partial charge in [-0.15, -0.1) is 11.8 Å². The molecule has 12 nitrogen and oxygen atoms in total. The molecule has 268 valence electrons. The van der Waals surface area contributed by atoms with E-state index in [1.54, 1.807) is 35.3 Å². The molecule has 6 N–H and O–H groups in total. The number of nitrogens with one attached hydrogen (secondary N) is 6. The maximum Gasteiger partial charge on any atom is 0.243 e. The molecule has 3 saturated heterocycles. The second-order valence-corrected chi connectivity index (χ2v) is 15.3. The summed E-state index contributed by atoms with van der Waals surface area (Å²) in [6.07, 6.45) is 0. The highest BCUT2D eigenvalue weighted by atomic mass is 32.2. The zero-order chi connectivity index (χ0) is 36.1. The van der Waals surface area contributed by atoms with Crippen LogP contribution in [0.1, 0.15) is 16.7 Å². The lowest BCUT2D eigenvalue weighted by Crippen LogP contribution is -2.57. The molecule has 3 fully saturated rings. The average Bonchev–Trinajstić information content (AvgIpc) is 3.15. The quantitative estimate of drug-likeness (QED) is 0.110. The Morgan fingerprint density at radius 1 is 0.471 bits per heavy atom. The van der Waals surface area contributed by atoms with Crippen LogP contribution in [0.5, 0.6) is 0 Å². The Kier molecular flexibility index (Phi) is 13.8. The Hall–Kier alpha value is -4.47. The number of carbonyl (C=O) groups excluding carboxylic acids is 6. The molecule has 3 aromatic rings. The molecule has 0 bridgehead atoms. The van der Waals surface area contributed by atoms with Gasteiger partial charge in [-0.25, -0.2) is 0 Å². The highest BCUT2D eigenvalue weighted by molar-refractivity contribution is 8.03. The van der Waals surface area contributed by atoms with E-state index in [9.17, 15) is 28.8 Å². The maximum absolute atomic E-state index is 12.3. The lowest BCUT2D eigenvalue weighted by molar-refractivity contribution is -0.133. The van der Waals surface area contributed by atoms with Gasteiger partial charge in [0.05, 0.1) is 24.4 Å². The van der Waals surface area contributed by atoms with E-state index in [1.807, 2.05) is 54.6 Å². The minimum Gasteiger partial charge on any atom is -0.345 e. The number of carbonyl (C=O) groups is 6. The van der Waals surface area contributed by atoms with E-state index < -0.39 is 22.9 Å². The number of amides is 6. The first-order valence-corrected chi connectivity index (χ1v) is 19.7. The molecule has 3 aliphatic heterocycles. The first kappa shape index (κ1) is 37.8. The summed E-state index contributed by atoms with van der Waals surface area (Å²) in [5, 5.41) is 15.8. The van der Waals surface area contributed by atoms with Crippen LogP contribution in [0.3, 0.4) is 0 Å². The number of hydrogen-bond donors (Lipinski definition) is 6. The highest BCUT2D eigenvalue weighted by Crippen LogP contribution is 2.48. The molecule has 3 heterocycles. The van der Waals surface area contributed by atoms with Crippen LogP contribution < -0.4 is 31.9 Å². The normalized spacial score (nSPS) is 20.4. The Morgan fingerprint density at radius 3 is 1.12 bits per heavy atom. The van der Waals surface area contributed by atoms with Gasteiger partial charge in [0.2, 0.25) is 35.4 Å². The molecule has 15 heteroatoms. The highest BCUT2D eigenvalue weighted by Gasteiger charge is 2.39. The molecule has 51 heavy (non-hydrogen) atoms. The Morgan fingerprint density at radius 2 is 0.784 bits per heavy atom. The summed E-state index contributed by atoms with van der Waals surface area (Å²) < 4.78 is -0.508. The Labute approximate surface area is 309 Å². The lowest BCUT2D eigenvalue weighted by Gasteiger charge is -2.37. The third-order valence-corrected chi connectivity index (χ3v) is 12.2. The monoisotopic (exact) mass is 748 g/mol. The number of benzene rings is 3. The van der Waals surface area contributed by atoms with E-state index in [2.05, 4.69) is 68.3 Å². The van der Waals surface area contributed by atoms with Crippen molar-refractivity contribution < 1.29 is 28.8 Å². The van der Waals surface area contributed by atoms with Crippen LogP contribution in [0.4, 0.5) is 0 Å². The number of piperazine rings is 3. The SMILES string of the molecule is O=C1CNC(=O)[C@H](CSC(c2ccccc2)(c2ccccc2)c2ccccc2)N1.O=C1CNC(=O)[C@H](CSCCSC[C@H]2NC(=O)CNC2=O)N1. The maximum atomic E-state index is 12.3. The smallest absolute Gasteiger partial charge is 0.243 e. The van der Waals surface area contributed by atoms with Crippen LogP contribution in [0, 0.1) is 0 Å². The van der Waals surface area contributed by atoms with Gasteiger partial charge in [0.1, 0.15) is 18.1 Å². The number of thioether (sulfide) groups is 3. The van der Waals surface area contributed by atoms with Crippen LogP contribution in [0.25, 0.3) is 0 Å². The summed E-state index contributed by atoms with van der Waals surface area (Å²) in [5.41, 5.74) is 3.39. The predicted octanol–water partition coefficient (Wildman–Crippen LogP) is 1.01. The van der Waals surface area contributed by atoms with Crippen LogP contribution in [-0.2, 0) is 33.5 Å². The summed E-state index contributed by atoms with van der Waals surface area (Å²) in [6.45, 7) is 0.136. The van der Waals surface area contributed by atoms with Gasteiger partial charge >= 0.3 is 0 Å². The summed E-state index contributed by atoms with van der Waals surface area (Å²) in [6, 6.07) is 29.4. The van der Waals surface area contributed by atoms with Crippen molar-refractivity contribution in [1.82, 2.24) is 31.9 Å². The van der Waals surface area contributed by atoms with Crippen LogP contribution in [0.2, 0.25) is 0 Å². The Balaban J connectivity index is 0.000000206. The van der Waals surface area contributed by atoms with Gasteiger partial charge in [0.15, 0.2) is 0 Å². The summed E-state index contributed by atoms with van der Waals surface area (Å²) in [7, 11) is 0. The summed E-state index contributed by atoms with van der Waals surface area (Å²) in [5.74, 6) is 2.17. The van der Waals surface area contributed by atoms with E-state index in [0.29, 0.717) is 17.3 Å². The van der Waals surface area contributed by atoms with Gasteiger partial charge in [0.25, 0.3) is 0 Å². The third kappa shape index (κ3) is 10.3. The van der Waals surface area contributed by atoms with E-state index in [4.69, 9.17) is 0 Å². The van der Waals surface area contributed by atoms with Gasteiger partial charge in [0, 0.05) is 28.8 Å². The largest absolute Gasteiger partial charge is 0.345 e. The third-order valence-electron chi connectivity index (χ3n) is 8.17. The Bertz CT molecular complexity index is 1550. The molecule has 3 aromatic carbocycles. The first-order valence-electron chi connectivity index (χ1n) is 16.4. The number of rotatable bonds is 13.